The summed E-state index contributed by atoms with van der Waals surface area (Å²) in [4.78, 5) is 9.26. The summed E-state index contributed by atoms with van der Waals surface area (Å²) in [6.45, 7) is 14.7. The molecule has 222 valence electrons. The molecule has 1 aliphatic carbocycles. The fraction of sp³-hybridized carbons (Fsp3) is 0.361. The molecule has 3 aromatic rings. The maximum atomic E-state index is 12.7. The predicted octanol–water partition coefficient (Wildman–Crippen LogP) is 9.35. The van der Waals surface area contributed by atoms with E-state index in [-0.39, 0.29) is 13.0 Å². The molecule has 0 unspecified atom stereocenters. The number of fused-ring (bicyclic) bond motifs is 1. The minimum absolute atomic E-state index is 0.0199. The summed E-state index contributed by atoms with van der Waals surface area (Å²) >= 11 is 0. The van der Waals surface area contributed by atoms with Gasteiger partial charge in [0.05, 0.1) is 5.71 Å². The zero-order valence-corrected chi connectivity index (χ0v) is 25.4. The van der Waals surface area contributed by atoms with Crippen molar-refractivity contribution in [3.8, 4) is 0 Å². The van der Waals surface area contributed by atoms with Crippen LogP contribution in [0.1, 0.15) is 68.4 Å². The van der Waals surface area contributed by atoms with Gasteiger partial charge in [-0.05, 0) is 105 Å². The third kappa shape index (κ3) is 7.15. The van der Waals surface area contributed by atoms with E-state index < -0.39 is 12.6 Å². The van der Waals surface area contributed by atoms with Gasteiger partial charge >= 0.3 is 6.18 Å². The summed E-state index contributed by atoms with van der Waals surface area (Å²) in [5.74, 6) is 0. The van der Waals surface area contributed by atoms with Crippen LogP contribution in [0.25, 0.3) is 11.1 Å². The second-order valence-corrected chi connectivity index (χ2v) is 10.5. The van der Waals surface area contributed by atoms with Crippen molar-refractivity contribution in [2.75, 3.05) is 42.5 Å². The molecule has 0 spiro atoms. The van der Waals surface area contributed by atoms with Gasteiger partial charge in [0.1, 0.15) is 0 Å². The van der Waals surface area contributed by atoms with E-state index in [1.807, 2.05) is 24.3 Å². The van der Waals surface area contributed by atoms with Gasteiger partial charge in [-0.25, -0.2) is 0 Å². The third-order valence-electron chi connectivity index (χ3n) is 7.96. The molecule has 0 fully saturated rings. The number of anilines is 2. The first-order chi connectivity index (χ1) is 20.2. The molecule has 0 aromatic heterocycles. The standard InChI is InChI=1S/C36H42F3N3/c1-6-41(7-2)28-17-15-27(16-18-28)35(30-20-19-29(25-26(30)5)42(8-3)9-4)33-21-22-34(32-14-11-10-13-31(32)33)40-24-12-23-36(37,38)39/h10-11,13-22,25H,6-9,12,23-24H2,1-5H3. The molecule has 42 heavy (non-hydrogen) atoms. The van der Waals surface area contributed by atoms with Gasteiger partial charge in [0, 0.05) is 56.1 Å². The van der Waals surface area contributed by atoms with Crippen LogP contribution in [0.4, 0.5) is 24.5 Å². The van der Waals surface area contributed by atoms with E-state index in [4.69, 9.17) is 0 Å². The van der Waals surface area contributed by atoms with Crippen molar-refractivity contribution < 1.29 is 13.2 Å². The Morgan fingerprint density at radius 3 is 1.93 bits per heavy atom. The third-order valence-corrected chi connectivity index (χ3v) is 7.96. The van der Waals surface area contributed by atoms with Crippen molar-refractivity contribution in [3.63, 3.8) is 0 Å². The molecule has 0 atom stereocenters. The predicted molar refractivity (Wildman–Crippen MR) is 173 cm³/mol. The molecule has 0 amide bonds. The lowest BCUT2D eigenvalue weighted by atomic mass is 9.82. The monoisotopic (exact) mass is 573 g/mol. The molecule has 3 aromatic carbocycles. The van der Waals surface area contributed by atoms with E-state index in [1.165, 1.54) is 16.9 Å². The van der Waals surface area contributed by atoms with Crippen molar-refractivity contribution in [2.24, 2.45) is 4.99 Å². The molecule has 0 saturated heterocycles. The Labute approximate surface area is 249 Å². The van der Waals surface area contributed by atoms with Gasteiger partial charge in [-0.2, -0.15) is 13.2 Å². The highest BCUT2D eigenvalue weighted by Gasteiger charge is 2.26. The van der Waals surface area contributed by atoms with Crippen LogP contribution in [0.15, 0.2) is 83.9 Å². The van der Waals surface area contributed by atoms with E-state index >= 15 is 0 Å². The molecule has 0 radical (unpaired) electrons. The van der Waals surface area contributed by atoms with Gasteiger partial charge in [-0.1, -0.05) is 48.5 Å². The quantitative estimate of drug-likeness (QED) is 0.213. The summed E-state index contributed by atoms with van der Waals surface area (Å²) in [5, 5.41) is 0. The number of halogens is 3. The Bertz CT molecular complexity index is 1440. The molecule has 4 rings (SSSR count). The number of rotatable bonds is 11. The van der Waals surface area contributed by atoms with Gasteiger partial charge in [-0.3, -0.25) is 4.99 Å². The molecule has 0 N–H and O–H groups in total. The highest BCUT2D eigenvalue weighted by molar-refractivity contribution is 6.19. The fourth-order valence-corrected chi connectivity index (χ4v) is 5.72. The summed E-state index contributed by atoms with van der Waals surface area (Å²) < 4.78 is 38.1. The van der Waals surface area contributed by atoms with Crippen LogP contribution in [0.3, 0.4) is 0 Å². The lowest BCUT2D eigenvalue weighted by molar-refractivity contribution is -0.134. The maximum absolute atomic E-state index is 12.7. The largest absolute Gasteiger partial charge is 0.389 e. The molecule has 1 aliphatic rings. The lowest BCUT2D eigenvalue weighted by Gasteiger charge is -2.25. The van der Waals surface area contributed by atoms with E-state index in [0.29, 0.717) is 0 Å². The Morgan fingerprint density at radius 2 is 1.33 bits per heavy atom. The first-order valence-corrected chi connectivity index (χ1v) is 15.0. The molecule has 0 bridgehead atoms. The summed E-state index contributed by atoms with van der Waals surface area (Å²) in [5.41, 5.74) is 10.8. The van der Waals surface area contributed by atoms with Crippen LogP contribution in [-0.4, -0.2) is 44.6 Å². The smallest absolute Gasteiger partial charge is 0.372 e. The number of allylic oxidation sites excluding steroid dienone is 3. The molecule has 3 nitrogen and oxygen atoms in total. The van der Waals surface area contributed by atoms with Crippen LogP contribution < -0.4 is 9.80 Å². The molecule has 0 saturated carbocycles. The summed E-state index contributed by atoms with van der Waals surface area (Å²) in [6.07, 6.45) is -0.971. The molecule has 6 heteroatoms. The van der Waals surface area contributed by atoms with Crippen molar-refractivity contribution in [3.05, 3.63) is 107 Å². The first kappa shape index (κ1) is 31.1. The van der Waals surface area contributed by atoms with Crippen molar-refractivity contribution >= 4 is 28.2 Å². The molecular weight excluding hydrogens is 531 g/mol. The van der Waals surface area contributed by atoms with Crippen molar-refractivity contribution in [2.45, 2.75) is 53.6 Å². The zero-order valence-electron chi connectivity index (χ0n) is 25.4. The van der Waals surface area contributed by atoms with Gasteiger partial charge in [0.2, 0.25) is 0 Å². The average molecular weight is 574 g/mol. The normalized spacial score (nSPS) is 15.1. The second-order valence-electron chi connectivity index (χ2n) is 10.5. The molecular formula is C36H42F3N3. The van der Waals surface area contributed by atoms with Gasteiger partial charge < -0.3 is 9.80 Å². The van der Waals surface area contributed by atoms with Gasteiger partial charge in [0.25, 0.3) is 0 Å². The number of aliphatic imine (C=N–C) groups is 1. The van der Waals surface area contributed by atoms with Crippen LogP contribution in [0.5, 0.6) is 0 Å². The second kappa shape index (κ2) is 13.9. The van der Waals surface area contributed by atoms with Crippen LogP contribution in [-0.2, 0) is 0 Å². The van der Waals surface area contributed by atoms with Gasteiger partial charge in [0.15, 0.2) is 0 Å². The highest BCUT2D eigenvalue weighted by atomic mass is 19.4. The lowest BCUT2D eigenvalue weighted by Crippen LogP contribution is -2.22. The number of alkyl halides is 3. The minimum atomic E-state index is -4.16. The van der Waals surface area contributed by atoms with Crippen LogP contribution in [0.2, 0.25) is 0 Å². The Balaban J connectivity index is 1.87. The molecule has 0 aliphatic heterocycles. The van der Waals surface area contributed by atoms with E-state index in [2.05, 4.69) is 104 Å². The van der Waals surface area contributed by atoms with Gasteiger partial charge in [-0.15, -0.1) is 0 Å². The summed E-state index contributed by atoms with van der Waals surface area (Å²) in [7, 11) is 0. The summed E-state index contributed by atoms with van der Waals surface area (Å²) in [6, 6.07) is 23.5. The number of hydrogen-bond donors (Lipinski definition) is 0. The van der Waals surface area contributed by atoms with E-state index in [9.17, 15) is 13.2 Å². The van der Waals surface area contributed by atoms with Crippen LogP contribution >= 0.6 is 0 Å². The Hall–Kier alpha value is -3.80. The average Bonchev–Trinajstić information content (AvgIpc) is 2.98. The first-order valence-electron chi connectivity index (χ1n) is 15.0. The number of aryl methyl sites for hydroxylation is 1. The Morgan fingerprint density at radius 1 is 0.738 bits per heavy atom. The van der Waals surface area contributed by atoms with E-state index in [1.54, 1.807) is 0 Å². The minimum Gasteiger partial charge on any atom is -0.372 e. The van der Waals surface area contributed by atoms with Crippen LogP contribution in [0, 0.1) is 6.92 Å². The van der Waals surface area contributed by atoms with Crippen molar-refractivity contribution in [1.29, 1.82) is 0 Å². The highest BCUT2D eigenvalue weighted by Crippen LogP contribution is 2.39. The molecule has 0 heterocycles. The number of benzene rings is 3. The number of nitrogens with zero attached hydrogens (tertiary/aromatic N) is 3. The van der Waals surface area contributed by atoms with Crippen molar-refractivity contribution in [1.82, 2.24) is 0 Å². The topological polar surface area (TPSA) is 18.8 Å². The van der Waals surface area contributed by atoms with E-state index in [0.717, 1.165) is 65.3 Å². The maximum Gasteiger partial charge on any atom is 0.389 e. The fourth-order valence-electron chi connectivity index (χ4n) is 5.72. The SMILES string of the molecule is CCN(CC)c1ccc(C(=C2C=CC(=NCCCC(F)(F)F)c3ccccc32)c2ccc(N(CC)CC)cc2C)cc1. The number of hydrogen-bond acceptors (Lipinski definition) is 3. The zero-order chi connectivity index (χ0) is 30.3. The Kier molecular flexibility index (Phi) is 10.3.